The Balaban J connectivity index is 5.81. The van der Waals surface area contributed by atoms with Gasteiger partial charge in [-0.15, -0.1) is 0 Å². The number of rotatable bonds is 10. The molecule has 0 heterocycles. The molecule has 0 atom stereocenters. The lowest BCUT2D eigenvalue weighted by Crippen LogP contribution is -2.45. The van der Waals surface area contributed by atoms with Gasteiger partial charge in [-0.25, -0.2) is 18.9 Å². The molecule has 0 bridgehead atoms. The largest absolute Gasteiger partial charge is 0.469 e. The summed E-state index contributed by atoms with van der Waals surface area (Å²) in [5.74, 6) is -5.95. The van der Waals surface area contributed by atoms with Crippen LogP contribution >= 0.6 is 7.82 Å². The van der Waals surface area contributed by atoms with E-state index in [0.717, 1.165) is 0 Å². The van der Waals surface area contributed by atoms with Crippen LogP contribution in [0.25, 0.3) is 0 Å². The molecule has 0 aliphatic rings. The summed E-state index contributed by atoms with van der Waals surface area (Å²) in [4.78, 5) is 53.1. The monoisotopic (exact) mass is 392 g/mol. The van der Waals surface area contributed by atoms with Crippen LogP contribution in [0.15, 0.2) is 36.5 Å². The van der Waals surface area contributed by atoms with E-state index in [0.29, 0.717) is 0 Å². The van der Waals surface area contributed by atoms with Crippen molar-refractivity contribution in [1.29, 1.82) is 0 Å². The molecule has 26 heavy (non-hydrogen) atoms. The van der Waals surface area contributed by atoms with Gasteiger partial charge in [0.1, 0.15) is 0 Å². The van der Waals surface area contributed by atoms with Crippen molar-refractivity contribution in [3.8, 4) is 0 Å². The van der Waals surface area contributed by atoms with Crippen LogP contribution in [0.3, 0.4) is 0 Å². The summed E-state index contributed by atoms with van der Waals surface area (Å²) in [6.07, 6.45) is -0.741. The van der Waals surface area contributed by atoms with Crippen molar-refractivity contribution in [2.75, 3.05) is 6.61 Å². The Hall–Kier alpha value is -2.26. The number of carbonyl (C=O) groups excluding carboxylic acids is 3. The Kier molecular flexibility index (Phi) is 8.62. The zero-order chi connectivity index (χ0) is 20.7. The van der Waals surface area contributed by atoms with Crippen LogP contribution in [0.5, 0.6) is 0 Å². The summed E-state index contributed by atoms with van der Waals surface area (Å²) < 4.78 is 29.8. The molecule has 0 unspecified atom stereocenters. The number of phosphoric acid groups is 1. The third kappa shape index (κ3) is 8.72. The summed E-state index contributed by atoms with van der Waals surface area (Å²) in [6, 6.07) is 0. The van der Waals surface area contributed by atoms with Crippen molar-refractivity contribution < 1.29 is 47.5 Å². The second kappa shape index (κ2) is 9.44. The molecule has 2 N–H and O–H groups in total. The van der Waals surface area contributed by atoms with Gasteiger partial charge in [-0.1, -0.05) is 19.7 Å². The van der Waals surface area contributed by atoms with Crippen molar-refractivity contribution in [3.63, 3.8) is 0 Å². The maximum Gasteiger partial charge on any atom is 0.469 e. The fraction of sp³-hybridized carbons (Fsp3) is 0.400. The van der Waals surface area contributed by atoms with E-state index in [4.69, 9.17) is 24.0 Å². The summed E-state index contributed by atoms with van der Waals surface area (Å²) in [6.45, 7) is 13.1. The van der Waals surface area contributed by atoms with Crippen LogP contribution in [0, 0.1) is 0 Å². The van der Waals surface area contributed by atoms with Gasteiger partial charge in [0.15, 0.2) is 0 Å². The number of ether oxygens (including phenoxy) is 3. The van der Waals surface area contributed by atoms with Gasteiger partial charge < -0.3 is 24.0 Å². The Morgan fingerprint density at radius 2 is 1.15 bits per heavy atom. The van der Waals surface area contributed by atoms with Crippen LogP contribution in [0.2, 0.25) is 0 Å². The fourth-order valence-corrected chi connectivity index (χ4v) is 1.52. The quantitative estimate of drug-likeness (QED) is 0.243. The molecule has 0 aliphatic carbocycles. The van der Waals surface area contributed by atoms with Crippen LogP contribution < -0.4 is 0 Å². The molecular formula is C15H21O10P. The Morgan fingerprint density at radius 3 is 1.38 bits per heavy atom. The lowest BCUT2D eigenvalue weighted by molar-refractivity contribution is -0.329. The van der Waals surface area contributed by atoms with Crippen molar-refractivity contribution in [2.24, 2.45) is 0 Å². The highest BCUT2D eigenvalue weighted by atomic mass is 31.2. The van der Waals surface area contributed by atoms with Gasteiger partial charge in [0, 0.05) is 16.7 Å². The molecule has 0 aliphatic heterocycles. The van der Waals surface area contributed by atoms with E-state index in [1.807, 2.05) is 0 Å². The minimum Gasteiger partial charge on any atom is -0.384 e. The lowest BCUT2D eigenvalue weighted by Gasteiger charge is -2.31. The summed E-state index contributed by atoms with van der Waals surface area (Å²) in [5, 5.41) is 0. The maximum absolute atomic E-state index is 11.9. The highest BCUT2D eigenvalue weighted by molar-refractivity contribution is 7.46. The summed E-state index contributed by atoms with van der Waals surface area (Å²) in [5.41, 5.74) is -0.367. The van der Waals surface area contributed by atoms with Gasteiger partial charge in [-0.3, -0.25) is 4.52 Å². The summed E-state index contributed by atoms with van der Waals surface area (Å²) >= 11 is 0. The van der Waals surface area contributed by atoms with Crippen molar-refractivity contribution in [3.05, 3.63) is 36.5 Å². The van der Waals surface area contributed by atoms with Gasteiger partial charge in [-0.2, -0.15) is 0 Å². The normalized spacial score (nSPS) is 11.3. The molecule has 0 radical (unpaired) electrons. The molecule has 0 saturated heterocycles. The highest BCUT2D eigenvalue weighted by Crippen LogP contribution is 2.37. The van der Waals surface area contributed by atoms with E-state index in [1.54, 1.807) is 0 Å². The first-order chi connectivity index (χ1) is 11.7. The lowest BCUT2D eigenvalue weighted by atomic mass is 10.3. The molecule has 10 nitrogen and oxygen atoms in total. The first kappa shape index (κ1) is 23.7. The minimum absolute atomic E-state index is 0.122. The molecular weight excluding hydrogens is 371 g/mol. The van der Waals surface area contributed by atoms with E-state index >= 15 is 0 Å². The molecule has 0 fully saturated rings. The van der Waals surface area contributed by atoms with E-state index in [2.05, 4.69) is 24.3 Å². The van der Waals surface area contributed by atoms with Crippen LogP contribution in [-0.4, -0.2) is 40.3 Å². The van der Waals surface area contributed by atoms with Gasteiger partial charge >= 0.3 is 31.7 Å². The minimum atomic E-state index is -4.89. The molecule has 0 aromatic carbocycles. The average Bonchev–Trinajstić information content (AvgIpc) is 2.44. The Labute approximate surface area is 150 Å². The van der Waals surface area contributed by atoms with Gasteiger partial charge in [0.05, 0.1) is 13.0 Å². The summed E-state index contributed by atoms with van der Waals surface area (Å²) in [7, 11) is -4.89. The number of hydrogen-bond acceptors (Lipinski definition) is 8. The zero-order valence-electron chi connectivity index (χ0n) is 14.6. The SMILES string of the molecule is C=C(C)C(=O)OC(CCOP(=O)(O)O)(OC(=O)C(=C)C)OC(=O)C(=C)C. The molecule has 0 aromatic heterocycles. The van der Waals surface area contributed by atoms with E-state index in [9.17, 15) is 18.9 Å². The molecule has 146 valence electrons. The molecule has 0 rings (SSSR count). The maximum atomic E-state index is 11.9. The fourth-order valence-electron chi connectivity index (χ4n) is 1.19. The number of hydrogen-bond donors (Lipinski definition) is 2. The Bertz CT molecular complexity index is 603. The van der Waals surface area contributed by atoms with Gasteiger partial charge in [0.2, 0.25) is 0 Å². The molecule has 0 aromatic rings. The highest BCUT2D eigenvalue weighted by Gasteiger charge is 2.44. The van der Waals surface area contributed by atoms with Gasteiger partial charge in [-0.05, 0) is 20.8 Å². The first-order valence-electron chi connectivity index (χ1n) is 7.06. The smallest absolute Gasteiger partial charge is 0.384 e. The third-order valence-corrected chi connectivity index (χ3v) is 2.98. The van der Waals surface area contributed by atoms with Crippen molar-refractivity contribution in [1.82, 2.24) is 0 Å². The van der Waals surface area contributed by atoms with E-state index < -0.39 is 44.7 Å². The molecule has 0 saturated carbocycles. The molecule has 0 spiro atoms. The zero-order valence-corrected chi connectivity index (χ0v) is 15.5. The number of phosphoric ester groups is 1. The van der Waals surface area contributed by atoms with Crippen LogP contribution in [-0.2, 0) is 37.7 Å². The molecule has 11 heteroatoms. The van der Waals surface area contributed by atoms with Crippen molar-refractivity contribution in [2.45, 2.75) is 33.2 Å². The predicted octanol–water partition coefficient (Wildman–Crippen LogP) is 1.50. The average molecular weight is 392 g/mol. The topological polar surface area (TPSA) is 146 Å². The van der Waals surface area contributed by atoms with E-state index in [1.165, 1.54) is 20.8 Å². The Morgan fingerprint density at radius 1 is 0.846 bits per heavy atom. The third-order valence-electron chi connectivity index (χ3n) is 2.46. The standard InChI is InChI=1S/C15H21O10P/c1-9(2)12(16)23-15(24-13(17)10(3)4,25-14(18)11(5)6)7-8-22-26(19,20)21/h1,3,5,7-8H2,2,4,6H3,(H2,19,20,21). The second-order valence-corrected chi connectivity index (χ2v) is 6.51. The van der Waals surface area contributed by atoms with Gasteiger partial charge in [0.25, 0.3) is 0 Å². The van der Waals surface area contributed by atoms with Crippen LogP contribution in [0.4, 0.5) is 0 Å². The number of esters is 3. The van der Waals surface area contributed by atoms with Crippen LogP contribution in [0.1, 0.15) is 27.2 Å². The number of carbonyl (C=O) groups is 3. The first-order valence-corrected chi connectivity index (χ1v) is 8.59. The molecule has 0 amide bonds. The van der Waals surface area contributed by atoms with E-state index in [-0.39, 0.29) is 16.7 Å². The second-order valence-electron chi connectivity index (χ2n) is 5.27. The predicted molar refractivity (Wildman–Crippen MR) is 88.1 cm³/mol. The van der Waals surface area contributed by atoms with Crippen molar-refractivity contribution >= 4 is 25.7 Å².